The van der Waals surface area contributed by atoms with Crippen molar-refractivity contribution in [1.29, 1.82) is 0 Å². The zero-order chi connectivity index (χ0) is 23.8. The first-order valence-corrected chi connectivity index (χ1v) is 12.3. The van der Waals surface area contributed by atoms with Gasteiger partial charge in [-0.2, -0.15) is 0 Å². The van der Waals surface area contributed by atoms with E-state index in [-0.39, 0.29) is 17.9 Å². The molecule has 1 aromatic heterocycles. The topological polar surface area (TPSA) is 62.3 Å². The zero-order valence-corrected chi connectivity index (χ0v) is 20.0. The van der Waals surface area contributed by atoms with Gasteiger partial charge in [0.1, 0.15) is 11.7 Å². The third kappa shape index (κ3) is 6.23. The van der Waals surface area contributed by atoms with E-state index in [2.05, 4.69) is 10.3 Å². The Kier molecular flexibility index (Phi) is 8.31. The minimum Gasteiger partial charge on any atom is -0.351 e. The molecule has 5 nitrogen and oxygen atoms in total. The first-order chi connectivity index (χ1) is 16.6. The number of carbonyl (C=O) groups is 2. The summed E-state index contributed by atoms with van der Waals surface area (Å²) < 4.78 is 0. The maximum absolute atomic E-state index is 13.7. The summed E-state index contributed by atoms with van der Waals surface area (Å²) in [5.41, 5.74) is 2.15. The maximum Gasteiger partial charge on any atom is 0.273 e. The van der Waals surface area contributed by atoms with E-state index in [1.165, 1.54) is 6.42 Å². The molecular weight excluding hydrogens is 446 g/mol. The van der Waals surface area contributed by atoms with E-state index >= 15 is 0 Å². The molecule has 0 bridgehead atoms. The lowest BCUT2D eigenvalue weighted by atomic mass is 9.94. The lowest BCUT2D eigenvalue weighted by molar-refractivity contribution is -0.126. The quantitative estimate of drug-likeness (QED) is 0.460. The molecule has 34 heavy (non-hydrogen) atoms. The van der Waals surface area contributed by atoms with Gasteiger partial charge in [0.25, 0.3) is 5.91 Å². The Balaban J connectivity index is 1.68. The Labute approximate surface area is 206 Å². The number of aromatic nitrogens is 1. The second-order valence-electron chi connectivity index (χ2n) is 8.75. The van der Waals surface area contributed by atoms with Crippen molar-refractivity contribution in [3.05, 3.63) is 101 Å². The number of hydrogen-bond acceptors (Lipinski definition) is 3. The van der Waals surface area contributed by atoms with Gasteiger partial charge in [-0.3, -0.25) is 14.6 Å². The van der Waals surface area contributed by atoms with E-state index in [1.807, 2.05) is 42.5 Å². The van der Waals surface area contributed by atoms with Gasteiger partial charge in [-0.1, -0.05) is 79.4 Å². The maximum atomic E-state index is 13.7. The highest BCUT2D eigenvalue weighted by atomic mass is 35.5. The Hall–Kier alpha value is -3.18. The van der Waals surface area contributed by atoms with Gasteiger partial charge in [-0.25, -0.2) is 0 Å². The van der Waals surface area contributed by atoms with Crippen LogP contribution >= 0.6 is 11.6 Å². The van der Waals surface area contributed by atoms with Crippen LogP contribution in [0.4, 0.5) is 0 Å². The summed E-state index contributed by atoms with van der Waals surface area (Å²) in [7, 11) is 0. The molecule has 0 spiro atoms. The minimum atomic E-state index is -0.780. The molecule has 0 aliphatic heterocycles. The van der Waals surface area contributed by atoms with E-state index in [0.29, 0.717) is 23.7 Å². The molecule has 3 aromatic rings. The van der Waals surface area contributed by atoms with E-state index < -0.39 is 6.04 Å². The van der Waals surface area contributed by atoms with Crippen molar-refractivity contribution in [2.75, 3.05) is 6.54 Å². The molecule has 2 aromatic carbocycles. The smallest absolute Gasteiger partial charge is 0.273 e. The molecule has 4 rings (SSSR count). The summed E-state index contributed by atoms with van der Waals surface area (Å²) in [4.78, 5) is 33.4. The summed E-state index contributed by atoms with van der Waals surface area (Å²) in [6.07, 6.45) is 7.59. The second-order valence-corrected chi connectivity index (χ2v) is 9.18. The molecule has 1 aliphatic carbocycles. The van der Waals surface area contributed by atoms with E-state index in [9.17, 15) is 9.59 Å². The van der Waals surface area contributed by atoms with Gasteiger partial charge in [-0.15, -0.1) is 0 Å². The lowest BCUT2D eigenvalue weighted by Crippen LogP contribution is -2.47. The van der Waals surface area contributed by atoms with E-state index in [0.717, 1.165) is 36.8 Å². The standard InChI is InChI=1S/C28H30ClN3O2/c29-23-16-14-22(15-17-23)26(27(33)31-24-11-5-2-6-12-24)32(20-18-21-9-3-1-4-10-21)28(34)25-13-7-8-19-30-25/h1,3-4,7-10,13-17,19,24,26H,2,5-6,11-12,18,20H2,(H,31,33)/t26-/m1/s1. The normalized spacial score (nSPS) is 14.9. The summed E-state index contributed by atoms with van der Waals surface area (Å²) in [6.45, 7) is 0.380. The predicted octanol–water partition coefficient (Wildman–Crippen LogP) is 5.61. The molecule has 0 unspecified atom stereocenters. The predicted molar refractivity (Wildman–Crippen MR) is 135 cm³/mol. The van der Waals surface area contributed by atoms with Gasteiger partial charge in [0.05, 0.1) is 0 Å². The van der Waals surface area contributed by atoms with E-state index in [1.54, 1.807) is 41.4 Å². The number of amides is 2. The van der Waals surface area contributed by atoms with Gasteiger partial charge in [0, 0.05) is 23.8 Å². The highest BCUT2D eigenvalue weighted by molar-refractivity contribution is 6.30. The monoisotopic (exact) mass is 475 g/mol. The number of benzene rings is 2. The summed E-state index contributed by atoms with van der Waals surface area (Å²) in [6, 6.07) is 21.8. The third-order valence-electron chi connectivity index (χ3n) is 6.33. The zero-order valence-electron chi connectivity index (χ0n) is 19.2. The van der Waals surface area contributed by atoms with Gasteiger partial charge >= 0.3 is 0 Å². The first-order valence-electron chi connectivity index (χ1n) is 11.9. The third-order valence-corrected chi connectivity index (χ3v) is 6.58. The van der Waals surface area contributed by atoms with Gasteiger partial charge in [-0.05, 0) is 54.7 Å². The van der Waals surface area contributed by atoms with Crippen LogP contribution in [0.5, 0.6) is 0 Å². The molecular formula is C28H30ClN3O2. The Morgan fingerprint density at radius 1 is 0.941 bits per heavy atom. The van der Waals surface area contributed by atoms with Crippen LogP contribution < -0.4 is 5.32 Å². The number of nitrogens with zero attached hydrogens (tertiary/aromatic N) is 2. The fraction of sp³-hybridized carbons (Fsp3) is 0.321. The molecule has 0 radical (unpaired) electrons. The summed E-state index contributed by atoms with van der Waals surface area (Å²) in [5, 5.41) is 3.82. The van der Waals surface area contributed by atoms with Crippen LogP contribution in [-0.2, 0) is 11.2 Å². The second kappa shape index (κ2) is 11.8. The number of nitrogens with one attached hydrogen (secondary N) is 1. The van der Waals surface area contributed by atoms with Crippen molar-refractivity contribution in [1.82, 2.24) is 15.2 Å². The number of carbonyl (C=O) groups excluding carboxylic acids is 2. The SMILES string of the molecule is O=C(NC1CCCCC1)[C@@H](c1ccc(Cl)cc1)N(CCc1ccccc1)C(=O)c1ccccn1. The van der Waals surface area contributed by atoms with Crippen molar-refractivity contribution >= 4 is 23.4 Å². The Bertz CT molecular complexity index is 1070. The van der Waals surface area contributed by atoms with Crippen LogP contribution in [0, 0.1) is 0 Å². The number of pyridine rings is 1. The van der Waals surface area contributed by atoms with Crippen LogP contribution in [0.3, 0.4) is 0 Å². The fourth-order valence-corrected chi connectivity index (χ4v) is 4.65. The molecule has 6 heteroatoms. The average Bonchev–Trinajstić information content (AvgIpc) is 2.88. The highest BCUT2D eigenvalue weighted by Gasteiger charge is 2.33. The van der Waals surface area contributed by atoms with Crippen LogP contribution in [0.2, 0.25) is 5.02 Å². The molecule has 1 fully saturated rings. The molecule has 1 aliphatic rings. The fourth-order valence-electron chi connectivity index (χ4n) is 4.52. The molecule has 1 heterocycles. The highest BCUT2D eigenvalue weighted by Crippen LogP contribution is 2.27. The lowest BCUT2D eigenvalue weighted by Gasteiger charge is -2.33. The minimum absolute atomic E-state index is 0.136. The largest absolute Gasteiger partial charge is 0.351 e. The van der Waals surface area contributed by atoms with Crippen molar-refractivity contribution in [3.8, 4) is 0 Å². The average molecular weight is 476 g/mol. The summed E-state index contributed by atoms with van der Waals surface area (Å²) >= 11 is 6.14. The van der Waals surface area contributed by atoms with Crippen molar-refractivity contribution in [2.45, 2.75) is 50.6 Å². The van der Waals surface area contributed by atoms with Crippen molar-refractivity contribution in [2.24, 2.45) is 0 Å². The summed E-state index contributed by atoms with van der Waals surface area (Å²) in [5.74, 6) is -0.429. The molecule has 1 N–H and O–H groups in total. The van der Waals surface area contributed by atoms with Gasteiger partial charge in [0.15, 0.2) is 0 Å². The Morgan fingerprint density at radius 2 is 1.65 bits per heavy atom. The molecule has 2 amide bonds. The molecule has 176 valence electrons. The molecule has 1 atom stereocenters. The van der Waals surface area contributed by atoms with Crippen LogP contribution in [0.15, 0.2) is 79.0 Å². The number of hydrogen-bond donors (Lipinski definition) is 1. The molecule has 0 saturated heterocycles. The number of rotatable bonds is 8. The first kappa shape index (κ1) is 24.0. The van der Waals surface area contributed by atoms with Crippen LogP contribution in [0.1, 0.15) is 59.8 Å². The molecule has 1 saturated carbocycles. The number of halogens is 1. The van der Waals surface area contributed by atoms with Gasteiger partial charge < -0.3 is 10.2 Å². The van der Waals surface area contributed by atoms with Crippen molar-refractivity contribution < 1.29 is 9.59 Å². The van der Waals surface area contributed by atoms with Gasteiger partial charge in [0.2, 0.25) is 5.91 Å². The van der Waals surface area contributed by atoms with E-state index in [4.69, 9.17) is 11.6 Å². The Morgan fingerprint density at radius 3 is 2.32 bits per heavy atom. The van der Waals surface area contributed by atoms with Crippen molar-refractivity contribution in [3.63, 3.8) is 0 Å². The van der Waals surface area contributed by atoms with Crippen LogP contribution in [-0.4, -0.2) is 34.3 Å². The van der Waals surface area contributed by atoms with Crippen LogP contribution in [0.25, 0.3) is 0 Å².